The van der Waals surface area contributed by atoms with E-state index in [1.807, 2.05) is 19.9 Å². The van der Waals surface area contributed by atoms with Crippen LogP contribution in [0.5, 0.6) is 0 Å². The maximum atomic E-state index is 13.6. The number of carbonyl (C=O) groups excluding carboxylic acids is 2. The molecular formula is C17H14BrFO3. The van der Waals surface area contributed by atoms with Crippen molar-refractivity contribution in [3.05, 3.63) is 68.9 Å². The van der Waals surface area contributed by atoms with Crippen LogP contribution in [0.1, 0.15) is 31.8 Å². The van der Waals surface area contributed by atoms with Crippen molar-refractivity contribution in [2.24, 2.45) is 0 Å². The molecular weight excluding hydrogens is 351 g/mol. The predicted molar refractivity (Wildman–Crippen MR) is 84.6 cm³/mol. The summed E-state index contributed by atoms with van der Waals surface area (Å²) in [6.45, 7) is 3.42. The molecule has 0 aromatic heterocycles. The minimum atomic E-state index is -0.859. The zero-order chi connectivity index (χ0) is 16.3. The molecule has 0 aliphatic rings. The summed E-state index contributed by atoms with van der Waals surface area (Å²) in [6, 6.07) is 9.26. The summed E-state index contributed by atoms with van der Waals surface area (Å²) in [5.74, 6) is -1.88. The first-order valence-corrected chi connectivity index (χ1v) is 7.40. The fourth-order valence-corrected chi connectivity index (χ4v) is 2.20. The average Bonchev–Trinajstić information content (AvgIpc) is 2.47. The van der Waals surface area contributed by atoms with Gasteiger partial charge in [0.05, 0.1) is 5.56 Å². The highest BCUT2D eigenvalue weighted by atomic mass is 79.9. The summed E-state index contributed by atoms with van der Waals surface area (Å²) in [6.07, 6.45) is 0. The van der Waals surface area contributed by atoms with Gasteiger partial charge in [0.1, 0.15) is 5.82 Å². The number of hydrogen-bond donors (Lipinski definition) is 0. The number of ether oxygens (including phenoxy) is 1. The van der Waals surface area contributed by atoms with Gasteiger partial charge < -0.3 is 4.74 Å². The number of hydrogen-bond acceptors (Lipinski definition) is 3. The van der Waals surface area contributed by atoms with E-state index in [-0.39, 0.29) is 11.3 Å². The topological polar surface area (TPSA) is 43.4 Å². The molecule has 0 N–H and O–H groups in total. The van der Waals surface area contributed by atoms with E-state index in [1.54, 1.807) is 12.1 Å². The van der Waals surface area contributed by atoms with Crippen LogP contribution in [0, 0.1) is 19.7 Å². The number of benzene rings is 2. The predicted octanol–water partition coefficient (Wildman–Crippen LogP) is 4.24. The van der Waals surface area contributed by atoms with E-state index in [0.29, 0.717) is 10.0 Å². The van der Waals surface area contributed by atoms with Crippen molar-refractivity contribution >= 4 is 27.7 Å². The van der Waals surface area contributed by atoms with Crippen LogP contribution in [0.3, 0.4) is 0 Å². The average molecular weight is 365 g/mol. The SMILES string of the molecule is Cc1ccc(C(=O)COC(=O)c2ccc(Br)cc2F)cc1C. The Balaban J connectivity index is 2.04. The van der Waals surface area contributed by atoms with E-state index in [0.717, 1.165) is 11.1 Å². The molecule has 2 aromatic carbocycles. The van der Waals surface area contributed by atoms with Gasteiger partial charge in [-0.05, 0) is 49.2 Å². The number of esters is 1. The second kappa shape index (κ2) is 6.83. The molecule has 22 heavy (non-hydrogen) atoms. The summed E-state index contributed by atoms with van der Waals surface area (Å²) in [5, 5.41) is 0. The zero-order valence-electron chi connectivity index (χ0n) is 12.2. The van der Waals surface area contributed by atoms with Crippen LogP contribution in [0.2, 0.25) is 0 Å². The van der Waals surface area contributed by atoms with Crippen molar-refractivity contribution in [2.45, 2.75) is 13.8 Å². The fraction of sp³-hybridized carbons (Fsp3) is 0.176. The lowest BCUT2D eigenvalue weighted by Crippen LogP contribution is -2.15. The largest absolute Gasteiger partial charge is 0.454 e. The highest BCUT2D eigenvalue weighted by molar-refractivity contribution is 9.10. The molecule has 0 unspecified atom stereocenters. The van der Waals surface area contributed by atoms with Crippen molar-refractivity contribution in [3.63, 3.8) is 0 Å². The van der Waals surface area contributed by atoms with E-state index < -0.39 is 18.4 Å². The van der Waals surface area contributed by atoms with Gasteiger partial charge in [-0.1, -0.05) is 28.1 Å². The Kier molecular flexibility index (Phi) is 5.08. The second-order valence-corrected chi connectivity index (χ2v) is 5.84. The van der Waals surface area contributed by atoms with Crippen LogP contribution in [-0.4, -0.2) is 18.4 Å². The maximum absolute atomic E-state index is 13.6. The van der Waals surface area contributed by atoms with Gasteiger partial charge in [-0.25, -0.2) is 9.18 Å². The lowest BCUT2D eigenvalue weighted by atomic mass is 10.0. The summed E-state index contributed by atoms with van der Waals surface area (Å²) in [5.41, 5.74) is 2.32. The first-order valence-electron chi connectivity index (χ1n) is 6.61. The summed E-state index contributed by atoms with van der Waals surface area (Å²) in [7, 11) is 0. The van der Waals surface area contributed by atoms with E-state index in [4.69, 9.17) is 4.74 Å². The van der Waals surface area contributed by atoms with Crippen molar-refractivity contribution in [2.75, 3.05) is 6.61 Å². The lowest BCUT2D eigenvalue weighted by molar-refractivity contribution is 0.0470. The molecule has 0 fully saturated rings. The third-order valence-electron chi connectivity index (χ3n) is 3.31. The second-order valence-electron chi connectivity index (χ2n) is 4.92. The van der Waals surface area contributed by atoms with Crippen molar-refractivity contribution < 1.29 is 18.7 Å². The van der Waals surface area contributed by atoms with Gasteiger partial charge in [0.2, 0.25) is 0 Å². The smallest absolute Gasteiger partial charge is 0.341 e. The van der Waals surface area contributed by atoms with Crippen molar-refractivity contribution in [1.29, 1.82) is 0 Å². The van der Waals surface area contributed by atoms with Gasteiger partial charge in [0.25, 0.3) is 0 Å². The minimum absolute atomic E-state index is 0.198. The van der Waals surface area contributed by atoms with Gasteiger partial charge in [-0.3, -0.25) is 4.79 Å². The van der Waals surface area contributed by atoms with Crippen molar-refractivity contribution in [3.8, 4) is 0 Å². The Morgan fingerprint density at radius 2 is 1.82 bits per heavy atom. The van der Waals surface area contributed by atoms with E-state index >= 15 is 0 Å². The molecule has 2 aromatic rings. The molecule has 0 radical (unpaired) electrons. The molecule has 0 aliphatic carbocycles. The first kappa shape index (κ1) is 16.4. The molecule has 3 nitrogen and oxygen atoms in total. The highest BCUT2D eigenvalue weighted by Crippen LogP contribution is 2.16. The number of halogens is 2. The molecule has 0 atom stereocenters. The van der Waals surface area contributed by atoms with E-state index in [9.17, 15) is 14.0 Å². The number of aryl methyl sites for hydroxylation is 2. The Hall–Kier alpha value is -2.01. The first-order chi connectivity index (χ1) is 10.4. The molecule has 0 bridgehead atoms. The van der Waals surface area contributed by atoms with Crippen LogP contribution in [0.15, 0.2) is 40.9 Å². The van der Waals surface area contributed by atoms with Crippen LogP contribution in [0.25, 0.3) is 0 Å². The molecule has 0 saturated carbocycles. The molecule has 0 aliphatic heterocycles. The summed E-state index contributed by atoms with van der Waals surface area (Å²) < 4.78 is 19.0. The highest BCUT2D eigenvalue weighted by Gasteiger charge is 2.16. The maximum Gasteiger partial charge on any atom is 0.341 e. The monoisotopic (exact) mass is 364 g/mol. The molecule has 2 rings (SSSR count). The molecule has 0 spiro atoms. The number of Topliss-reactive ketones (excluding diaryl/α,β-unsaturated/α-hetero) is 1. The van der Waals surface area contributed by atoms with Gasteiger partial charge in [0.15, 0.2) is 12.4 Å². The third kappa shape index (κ3) is 3.80. The van der Waals surface area contributed by atoms with Gasteiger partial charge in [-0.2, -0.15) is 0 Å². The van der Waals surface area contributed by atoms with Crippen LogP contribution >= 0.6 is 15.9 Å². The molecule has 0 heterocycles. The normalized spacial score (nSPS) is 10.4. The zero-order valence-corrected chi connectivity index (χ0v) is 13.7. The summed E-state index contributed by atoms with van der Waals surface area (Å²) in [4.78, 5) is 23.8. The van der Waals surface area contributed by atoms with E-state index in [1.165, 1.54) is 18.2 Å². The summed E-state index contributed by atoms with van der Waals surface area (Å²) >= 11 is 3.10. The molecule has 114 valence electrons. The molecule has 5 heteroatoms. The Labute approximate surface area is 136 Å². The molecule has 0 saturated heterocycles. The Morgan fingerprint density at radius 3 is 2.45 bits per heavy atom. The van der Waals surface area contributed by atoms with E-state index in [2.05, 4.69) is 15.9 Å². The number of carbonyl (C=O) groups is 2. The number of rotatable bonds is 4. The fourth-order valence-electron chi connectivity index (χ4n) is 1.86. The quantitative estimate of drug-likeness (QED) is 0.601. The molecule has 0 amide bonds. The standard InChI is InChI=1S/C17H14BrFO3/c1-10-3-4-12(7-11(10)2)16(20)9-22-17(21)14-6-5-13(18)8-15(14)19/h3-8H,9H2,1-2H3. The lowest BCUT2D eigenvalue weighted by Gasteiger charge is -2.07. The van der Waals surface area contributed by atoms with Gasteiger partial charge in [-0.15, -0.1) is 0 Å². The number of ketones is 1. The van der Waals surface area contributed by atoms with Crippen LogP contribution in [0.4, 0.5) is 4.39 Å². The Bertz CT molecular complexity index is 741. The van der Waals surface area contributed by atoms with Crippen LogP contribution in [-0.2, 0) is 4.74 Å². The van der Waals surface area contributed by atoms with Gasteiger partial charge >= 0.3 is 5.97 Å². The minimum Gasteiger partial charge on any atom is -0.454 e. The van der Waals surface area contributed by atoms with Crippen molar-refractivity contribution in [1.82, 2.24) is 0 Å². The van der Waals surface area contributed by atoms with Gasteiger partial charge in [0, 0.05) is 10.0 Å². The Morgan fingerprint density at radius 1 is 1.09 bits per heavy atom. The van der Waals surface area contributed by atoms with Crippen LogP contribution < -0.4 is 0 Å². The third-order valence-corrected chi connectivity index (χ3v) is 3.81.